The molecule has 0 amide bonds. The van der Waals surface area contributed by atoms with Gasteiger partial charge in [-0.05, 0) is 12.1 Å². The molecule has 2 aromatic rings. The van der Waals surface area contributed by atoms with Crippen LogP contribution in [-0.4, -0.2) is 9.91 Å². The van der Waals surface area contributed by atoms with Gasteiger partial charge in [-0.25, -0.2) is 4.39 Å². The lowest BCUT2D eigenvalue weighted by atomic mass is 10.1. The van der Waals surface area contributed by atoms with Crippen molar-refractivity contribution in [3.8, 4) is 0 Å². The minimum Gasteiger partial charge on any atom is -0.361 e. The van der Waals surface area contributed by atoms with Crippen LogP contribution in [0.15, 0.2) is 24.0 Å². The Morgan fingerprint density at radius 2 is 2.29 bits per heavy atom. The van der Waals surface area contributed by atoms with Crippen molar-refractivity contribution in [3.63, 3.8) is 0 Å². The molecule has 0 atom stereocenters. The molecule has 0 aliphatic carbocycles. The summed E-state index contributed by atoms with van der Waals surface area (Å²) in [5.41, 5.74) is 1.19. The Balaban J connectivity index is 2.61. The minimum atomic E-state index is -0.549. The zero-order chi connectivity index (χ0) is 12.6. The van der Waals surface area contributed by atoms with Crippen molar-refractivity contribution in [3.05, 3.63) is 50.5 Å². The molecule has 1 aromatic heterocycles. The molecule has 0 fully saturated rings. The smallest absolute Gasteiger partial charge is 0.243 e. The second-order valence-electron chi connectivity index (χ2n) is 3.60. The summed E-state index contributed by atoms with van der Waals surface area (Å²) in [5, 5.41) is 11.1. The molecule has 1 heterocycles. The Kier molecular flexibility index (Phi) is 2.85. The highest BCUT2D eigenvalue weighted by molar-refractivity contribution is 6.31. The van der Waals surface area contributed by atoms with Gasteiger partial charge in [-0.15, -0.1) is 0 Å². The van der Waals surface area contributed by atoms with Crippen molar-refractivity contribution in [2.75, 3.05) is 0 Å². The normalized spacial score (nSPS) is 12.1. The van der Waals surface area contributed by atoms with E-state index in [1.807, 2.05) is 0 Å². The Labute approximate surface area is 101 Å². The average Bonchev–Trinajstić information content (AvgIpc) is 2.62. The second kappa shape index (κ2) is 4.18. The van der Waals surface area contributed by atoms with Crippen LogP contribution in [0.3, 0.4) is 0 Å². The molecule has 0 radical (unpaired) electrons. The highest BCUT2D eigenvalue weighted by Crippen LogP contribution is 2.26. The van der Waals surface area contributed by atoms with Crippen molar-refractivity contribution in [2.24, 2.45) is 0 Å². The van der Waals surface area contributed by atoms with E-state index >= 15 is 0 Å². The zero-order valence-electron chi connectivity index (χ0n) is 8.83. The molecule has 6 heteroatoms. The lowest BCUT2D eigenvalue weighted by molar-refractivity contribution is -0.422. The first kappa shape index (κ1) is 11.6. The largest absolute Gasteiger partial charge is 0.361 e. The number of hydrogen-bond donors (Lipinski definition) is 1. The SMILES string of the molecule is CC(=Cc1c[nH]c2cc(Cl)c(F)cc12)[N+](=O)[O-]. The van der Waals surface area contributed by atoms with Gasteiger partial charge in [-0.1, -0.05) is 11.6 Å². The van der Waals surface area contributed by atoms with E-state index in [0.29, 0.717) is 16.5 Å². The maximum atomic E-state index is 13.3. The van der Waals surface area contributed by atoms with Gasteiger partial charge < -0.3 is 4.98 Å². The summed E-state index contributed by atoms with van der Waals surface area (Å²) >= 11 is 5.63. The summed E-state index contributed by atoms with van der Waals surface area (Å²) in [6.45, 7) is 1.38. The Bertz CT molecular complexity index is 634. The molecule has 0 bridgehead atoms. The van der Waals surface area contributed by atoms with E-state index in [2.05, 4.69) is 4.98 Å². The maximum absolute atomic E-state index is 13.3. The predicted molar refractivity (Wildman–Crippen MR) is 63.9 cm³/mol. The average molecular weight is 255 g/mol. The number of rotatable bonds is 2. The van der Waals surface area contributed by atoms with Crippen LogP contribution in [0.5, 0.6) is 0 Å². The van der Waals surface area contributed by atoms with Gasteiger partial charge in [-0.2, -0.15) is 0 Å². The quantitative estimate of drug-likeness (QED) is 0.657. The second-order valence-corrected chi connectivity index (χ2v) is 4.01. The monoisotopic (exact) mass is 254 g/mol. The number of nitrogens with one attached hydrogen (secondary N) is 1. The molecule has 0 spiro atoms. The van der Waals surface area contributed by atoms with Gasteiger partial charge in [-0.3, -0.25) is 10.1 Å². The third kappa shape index (κ3) is 2.14. The Morgan fingerprint density at radius 3 is 2.94 bits per heavy atom. The van der Waals surface area contributed by atoms with Crippen LogP contribution in [0.4, 0.5) is 4.39 Å². The van der Waals surface area contributed by atoms with E-state index in [-0.39, 0.29) is 10.7 Å². The third-order valence-corrected chi connectivity index (χ3v) is 2.70. The molecule has 0 saturated heterocycles. The number of nitro groups is 1. The lowest BCUT2D eigenvalue weighted by Crippen LogP contribution is -1.92. The van der Waals surface area contributed by atoms with Crippen LogP contribution in [-0.2, 0) is 0 Å². The van der Waals surface area contributed by atoms with E-state index in [9.17, 15) is 14.5 Å². The first-order chi connectivity index (χ1) is 7.99. The van der Waals surface area contributed by atoms with Crippen molar-refractivity contribution < 1.29 is 9.31 Å². The van der Waals surface area contributed by atoms with Gasteiger partial charge in [0.05, 0.1) is 9.95 Å². The third-order valence-electron chi connectivity index (χ3n) is 2.41. The molecular formula is C11H8ClFN2O2. The summed E-state index contributed by atoms with van der Waals surface area (Å²) < 4.78 is 13.3. The zero-order valence-corrected chi connectivity index (χ0v) is 9.58. The fourth-order valence-corrected chi connectivity index (χ4v) is 1.70. The Morgan fingerprint density at radius 1 is 1.59 bits per heavy atom. The summed E-state index contributed by atoms with van der Waals surface area (Å²) in [7, 11) is 0. The number of hydrogen-bond acceptors (Lipinski definition) is 2. The molecule has 0 aliphatic heterocycles. The molecule has 1 N–H and O–H groups in total. The van der Waals surface area contributed by atoms with Gasteiger partial charge in [0.15, 0.2) is 0 Å². The topological polar surface area (TPSA) is 58.9 Å². The van der Waals surface area contributed by atoms with Crippen LogP contribution in [0.25, 0.3) is 17.0 Å². The predicted octanol–water partition coefficient (Wildman–Crippen LogP) is 3.60. The first-order valence-electron chi connectivity index (χ1n) is 4.78. The van der Waals surface area contributed by atoms with Crippen molar-refractivity contribution in [1.82, 2.24) is 4.98 Å². The number of aromatic nitrogens is 1. The van der Waals surface area contributed by atoms with Gasteiger partial charge in [0.25, 0.3) is 0 Å². The number of fused-ring (bicyclic) bond motifs is 1. The maximum Gasteiger partial charge on any atom is 0.243 e. The minimum absolute atomic E-state index is 0.0127. The highest BCUT2D eigenvalue weighted by Gasteiger charge is 2.09. The van der Waals surface area contributed by atoms with E-state index in [4.69, 9.17) is 11.6 Å². The number of aromatic amines is 1. The molecular weight excluding hydrogens is 247 g/mol. The molecule has 0 unspecified atom stereocenters. The standard InChI is InChI=1S/C11H8ClFN2O2/c1-6(15(16)17)2-7-5-14-11-4-9(12)10(13)3-8(7)11/h2-5,14H,1H3. The molecule has 1 aromatic carbocycles. The first-order valence-corrected chi connectivity index (χ1v) is 5.15. The molecule has 88 valence electrons. The van der Waals surface area contributed by atoms with E-state index in [1.54, 1.807) is 6.20 Å². The van der Waals surface area contributed by atoms with Crippen LogP contribution in [0, 0.1) is 15.9 Å². The molecule has 4 nitrogen and oxygen atoms in total. The number of benzene rings is 1. The van der Waals surface area contributed by atoms with Crippen molar-refractivity contribution in [2.45, 2.75) is 6.92 Å². The van der Waals surface area contributed by atoms with E-state index in [1.165, 1.54) is 25.1 Å². The van der Waals surface area contributed by atoms with Crippen molar-refractivity contribution in [1.29, 1.82) is 0 Å². The number of allylic oxidation sites excluding steroid dienone is 1. The van der Waals surface area contributed by atoms with Crippen molar-refractivity contribution >= 4 is 28.6 Å². The number of H-pyrrole nitrogens is 1. The van der Waals surface area contributed by atoms with Gasteiger partial charge >= 0.3 is 0 Å². The number of halogens is 2. The van der Waals surface area contributed by atoms with Gasteiger partial charge in [0.2, 0.25) is 5.70 Å². The van der Waals surface area contributed by atoms with Crippen LogP contribution in [0.1, 0.15) is 12.5 Å². The highest BCUT2D eigenvalue weighted by atomic mass is 35.5. The van der Waals surface area contributed by atoms with Crippen LogP contribution < -0.4 is 0 Å². The Hall–Kier alpha value is -1.88. The molecule has 0 aliphatic rings. The molecule has 0 saturated carbocycles. The fraction of sp³-hybridized carbons (Fsp3) is 0.0909. The summed E-state index contributed by atoms with van der Waals surface area (Å²) in [6.07, 6.45) is 2.96. The number of nitrogens with zero attached hydrogens (tertiary/aromatic N) is 1. The summed E-state index contributed by atoms with van der Waals surface area (Å²) in [5.74, 6) is -0.549. The van der Waals surface area contributed by atoms with Crippen LogP contribution in [0.2, 0.25) is 5.02 Å². The molecule has 17 heavy (non-hydrogen) atoms. The van der Waals surface area contributed by atoms with E-state index < -0.39 is 10.7 Å². The van der Waals surface area contributed by atoms with E-state index in [0.717, 1.165) is 0 Å². The van der Waals surface area contributed by atoms with Gasteiger partial charge in [0, 0.05) is 35.7 Å². The van der Waals surface area contributed by atoms with Crippen LogP contribution >= 0.6 is 11.6 Å². The summed E-state index contributed by atoms with van der Waals surface area (Å²) in [6, 6.07) is 2.71. The molecule has 2 rings (SSSR count). The lowest BCUT2D eigenvalue weighted by Gasteiger charge is -1.96. The summed E-state index contributed by atoms with van der Waals surface area (Å²) in [4.78, 5) is 12.9. The fourth-order valence-electron chi connectivity index (χ4n) is 1.54. The van der Waals surface area contributed by atoms with Gasteiger partial charge in [0.1, 0.15) is 5.82 Å².